The van der Waals surface area contributed by atoms with Crippen molar-refractivity contribution in [1.82, 2.24) is 20.4 Å². The van der Waals surface area contributed by atoms with Crippen molar-refractivity contribution < 1.29 is 0 Å². The van der Waals surface area contributed by atoms with E-state index in [0.717, 1.165) is 30.5 Å². The Balaban J connectivity index is 0.00000208. The van der Waals surface area contributed by atoms with Crippen LogP contribution in [0.25, 0.3) is 0 Å². The topological polar surface area (TPSA) is 54.2 Å². The summed E-state index contributed by atoms with van der Waals surface area (Å²) < 4.78 is 1.96. The molecule has 2 unspecified atom stereocenters. The average Bonchev–Trinajstić information content (AvgIpc) is 3.07. The zero-order chi connectivity index (χ0) is 16.1. The smallest absolute Gasteiger partial charge is 0.191 e. The van der Waals surface area contributed by atoms with Gasteiger partial charge in [0.15, 0.2) is 5.96 Å². The molecule has 130 valence electrons. The van der Waals surface area contributed by atoms with Gasteiger partial charge in [0.25, 0.3) is 0 Å². The monoisotopic (exact) mass is 439 g/mol. The van der Waals surface area contributed by atoms with Gasteiger partial charge in [-0.1, -0.05) is 37.3 Å². The molecule has 2 aromatic rings. The van der Waals surface area contributed by atoms with Gasteiger partial charge in [0.2, 0.25) is 0 Å². The number of halogens is 1. The molecule has 1 aromatic heterocycles. The molecule has 1 fully saturated rings. The minimum Gasteiger partial charge on any atom is -0.357 e. The van der Waals surface area contributed by atoms with E-state index in [0.29, 0.717) is 12.6 Å². The number of nitrogens with zero attached hydrogens (tertiary/aromatic N) is 3. The summed E-state index contributed by atoms with van der Waals surface area (Å²) in [5.74, 6) is 1.66. The van der Waals surface area contributed by atoms with Gasteiger partial charge >= 0.3 is 0 Å². The second-order valence-corrected chi connectivity index (χ2v) is 6.19. The molecule has 0 spiro atoms. The van der Waals surface area contributed by atoms with E-state index in [-0.39, 0.29) is 24.0 Å². The second-order valence-electron chi connectivity index (χ2n) is 6.19. The highest BCUT2D eigenvalue weighted by Crippen LogP contribution is 2.28. The maximum atomic E-state index is 4.66. The van der Waals surface area contributed by atoms with Crippen LogP contribution in [0.2, 0.25) is 0 Å². The molecule has 1 aliphatic rings. The second kappa shape index (κ2) is 9.05. The number of rotatable bonds is 6. The molecule has 0 bridgehead atoms. The van der Waals surface area contributed by atoms with Crippen molar-refractivity contribution in [3.8, 4) is 0 Å². The van der Waals surface area contributed by atoms with Crippen LogP contribution in [-0.4, -0.2) is 28.3 Å². The van der Waals surface area contributed by atoms with E-state index in [2.05, 4.69) is 65.0 Å². The molecule has 1 aliphatic carbocycles. The fourth-order valence-electron chi connectivity index (χ4n) is 2.53. The van der Waals surface area contributed by atoms with Crippen LogP contribution in [0.3, 0.4) is 0 Å². The van der Waals surface area contributed by atoms with Gasteiger partial charge in [0.05, 0.1) is 19.3 Å². The van der Waals surface area contributed by atoms with E-state index in [1.54, 1.807) is 0 Å². The lowest BCUT2D eigenvalue weighted by atomic mass is 10.2. The molecule has 1 saturated carbocycles. The molecule has 2 atom stereocenters. The Morgan fingerprint density at radius 2 is 2.04 bits per heavy atom. The highest BCUT2D eigenvalue weighted by molar-refractivity contribution is 14.0. The first-order valence-corrected chi connectivity index (χ1v) is 8.34. The number of nitrogens with one attached hydrogen (secondary N) is 2. The predicted octanol–water partition coefficient (Wildman–Crippen LogP) is 3.01. The number of hydrogen-bond donors (Lipinski definition) is 2. The first-order valence-electron chi connectivity index (χ1n) is 8.34. The summed E-state index contributed by atoms with van der Waals surface area (Å²) in [7, 11) is 0. The summed E-state index contributed by atoms with van der Waals surface area (Å²) in [6.45, 7) is 6.66. The van der Waals surface area contributed by atoms with Gasteiger partial charge in [-0.2, -0.15) is 5.10 Å². The van der Waals surface area contributed by atoms with E-state index in [9.17, 15) is 0 Å². The van der Waals surface area contributed by atoms with E-state index >= 15 is 0 Å². The Hall–Kier alpha value is -1.57. The number of hydrogen-bond acceptors (Lipinski definition) is 2. The van der Waals surface area contributed by atoms with Gasteiger partial charge in [-0.25, -0.2) is 4.99 Å². The van der Waals surface area contributed by atoms with Crippen LogP contribution < -0.4 is 10.6 Å². The van der Waals surface area contributed by atoms with Crippen LogP contribution >= 0.6 is 24.0 Å². The largest absolute Gasteiger partial charge is 0.357 e. The fraction of sp³-hybridized carbons (Fsp3) is 0.444. The van der Waals surface area contributed by atoms with Crippen molar-refractivity contribution >= 4 is 29.9 Å². The molecule has 6 heteroatoms. The number of guanidine groups is 1. The Kier molecular flexibility index (Phi) is 7.08. The summed E-state index contributed by atoms with van der Waals surface area (Å²) in [5.41, 5.74) is 2.38. The quantitative estimate of drug-likeness (QED) is 0.414. The van der Waals surface area contributed by atoms with Crippen LogP contribution in [0, 0.1) is 5.92 Å². The average molecular weight is 439 g/mol. The van der Waals surface area contributed by atoms with Crippen molar-refractivity contribution in [2.45, 2.75) is 39.4 Å². The zero-order valence-corrected chi connectivity index (χ0v) is 16.6. The lowest BCUT2D eigenvalue weighted by Gasteiger charge is -2.10. The van der Waals surface area contributed by atoms with E-state index in [4.69, 9.17) is 0 Å². The van der Waals surface area contributed by atoms with Gasteiger partial charge in [-0.05, 0) is 24.8 Å². The van der Waals surface area contributed by atoms with Crippen LogP contribution in [-0.2, 0) is 13.1 Å². The first-order chi connectivity index (χ1) is 11.2. The summed E-state index contributed by atoms with van der Waals surface area (Å²) in [6, 6.07) is 10.9. The fourth-order valence-corrected chi connectivity index (χ4v) is 2.53. The van der Waals surface area contributed by atoms with Crippen molar-refractivity contribution in [2.24, 2.45) is 10.9 Å². The van der Waals surface area contributed by atoms with E-state index in [1.165, 1.54) is 12.0 Å². The lowest BCUT2D eigenvalue weighted by molar-refractivity contribution is 0.686. The molecule has 0 radical (unpaired) electrons. The first kappa shape index (κ1) is 18.8. The maximum Gasteiger partial charge on any atom is 0.191 e. The Labute approximate surface area is 161 Å². The standard InChI is InChI=1S/C18H25N5.HI/c1-3-19-18(22-17-9-14(17)2)20-10-16-11-21-23(13-16)12-15-7-5-4-6-8-15;/h4-8,11,13-14,17H,3,9-10,12H2,1-2H3,(H2,19,20,22);1H. The maximum absolute atomic E-state index is 4.66. The van der Waals surface area contributed by atoms with E-state index in [1.807, 2.05) is 16.9 Å². The van der Waals surface area contributed by atoms with Crippen molar-refractivity contribution in [3.05, 3.63) is 53.9 Å². The van der Waals surface area contributed by atoms with Gasteiger partial charge in [0.1, 0.15) is 0 Å². The van der Waals surface area contributed by atoms with Crippen LogP contribution in [0.1, 0.15) is 31.4 Å². The third-order valence-electron chi connectivity index (χ3n) is 4.07. The molecule has 1 aromatic carbocycles. The minimum absolute atomic E-state index is 0. The molecule has 0 aliphatic heterocycles. The van der Waals surface area contributed by atoms with Gasteiger partial charge in [0, 0.05) is 24.3 Å². The molecule has 1 heterocycles. The molecular formula is C18H26IN5. The molecule has 0 amide bonds. The van der Waals surface area contributed by atoms with Crippen molar-refractivity contribution in [1.29, 1.82) is 0 Å². The molecule has 5 nitrogen and oxygen atoms in total. The molecule has 3 rings (SSSR count). The molecule has 2 N–H and O–H groups in total. The summed E-state index contributed by atoms with van der Waals surface area (Å²) in [6.07, 6.45) is 5.20. The van der Waals surface area contributed by atoms with Crippen molar-refractivity contribution in [3.63, 3.8) is 0 Å². The Morgan fingerprint density at radius 3 is 2.71 bits per heavy atom. The van der Waals surface area contributed by atoms with Gasteiger partial charge in [-0.3, -0.25) is 4.68 Å². The normalized spacial score (nSPS) is 19.5. The van der Waals surface area contributed by atoms with Crippen LogP contribution in [0.5, 0.6) is 0 Å². The molecular weight excluding hydrogens is 413 g/mol. The van der Waals surface area contributed by atoms with Gasteiger partial charge in [-0.15, -0.1) is 24.0 Å². The molecule has 0 saturated heterocycles. The zero-order valence-electron chi connectivity index (χ0n) is 14.3. The number of benzene rings is 1. The third kappa shape index (κ3) is 5.51. The van der Waals surface area contributed by atoms with Crippen LogP contribution in [0.15, 0.2) is 47.7 Å². The highest BCUT2D eigenvalue weighted by atomic mass is 127. The van der Waals surface area contributed by atoms with E-state index < -0.39 is 0 Å². The predicted molar refractivity (Wildman–Crippen MR) is 109 cm³/mol. The summed E-state index contributed by atoms with van der Waals surface area (Å²) >= 11 is 0. The molecule has 24 heavy (non-hydrogen) atoms. The minimum atomic E-state index is 0. The Bertz CT molecular complexity index is 652. The van der Waals surface area contributed by atoms with Gasteiger partial charge < -0.3 is 10.6 Å². The summed E-state index contributed by atoms with van der Waals surface area (Å²) in [4.78, 5) is 4.66. The Morgan fingerprint density at radius 1 is 1.29 bits per heavy atom. The van der Waals surface area contributed by atoms with Crippen molar-refractivity contribution in [2.75, 3.05) is 6.54 Å². The van der Waals surface area contributed by atoms with Crippen LogP contribution in [0.4, 0.5) is 0 Å². The highest BCUT2D eigenvalue weighted by Gasteiger charge is 2.33. The third-order valence-corrected chi connectivity index (χ3v) is 4.07. The number of aromatic nitrogens is 2. The SMILES string of the molecule is CCNC(=NCc1cnn(Cc2ccccc2)c1)NC1CC1C.I. The lowest BCUT2D eigenvalue weighted by Crippen LogP contribution is -2.39. The number of aliphatic imine (C=N–C) groups is 1. The summed E-state index contributed by atoms with van der Waals surface area (Å²) in [5, 5.41) is 11.2.